The zero-order chi connectivity index (χ0) is 11.4. The number of alkyl halides is 1. The Hall–Kier alpha value is -0.830. The summed E-state index contributed by atoms with van der Waals surface area (Å²) < 4.78 is 4.67. The van der Waals surface area contributed by atoms with Crippen LogP contribution in [0.15, 0.2) is 18.2 Å². The molecular weight excluding hydrogens is 256 g/mol. The third kappa shape index (κ3) is 3.34. The number of methoxy groups -OCH3 is 1. The molecule has 0 aliphatic rings. The van der Waals surface area contributed by atoms with E-state index in [9.17, 15) is 4.79 Å². The fourth-order valence-electron chi connectivity index (χ4n) is 1.42. The van der Waals surface area contributed by atoms with E-state index < -0.39 is 0 Å². The molecule has 1 aromatic carbocycles. The van der Waals surface area contributed by atoms with E-state index in [0.29, 0.717) is 6.42 Å². The van der Waals surface area contributed by atoms with Crippen molar-refractivity contribution in [2.75, 3.05) is 7.11 Å². The van der Waals surface area contributed by atoms with Crippen LogP contribution in [0, 0.1) is 13.8 Å². The number of benzene rings is 1. The molecule has 0 aliphatic carbocycles. The maximum absolute atomic E-state index is 11.2. The topological polar surface area (TPSA) is 26.3 Å². The van der Waals surface area contributed by atoms with Crippen LogP contribution in [0.2, 0.25) is 0 Å². The van der Waals surface area contributed by atoms with Crippen molar-refractivity contribution in [2.24, 2.45) is 0 Å². The second kappa shape index (κ2) is 5.31. The molecule has 15 heavy (non-hydrogen) atoms. The van der Waals surface area contributed by atoms with E-state index in [1.54, 1.807) is 0 Å². The van der Waals surface area contributed by atoms with E-state index in [4.69, 9.17) is 0 Å². The van der Waals surface area contributed by atoms with E-state index >= 15 is 0 Å². The average molecular weight is 271 g/mol. The zero-order valence-corrected chi connectivity index (χ0v) is 10.8. The lowest BCUT2D eigenvalue weighted by molar-refractivity contribution is -0.139. The van der Waals surface area contributed by atoms with Crippen molar-refractivity contribution in [2.45, 2.75) is 25.1 Å². The monoisotopic (exact) mass is 270 g/mol. The minimum Gasteiger partial charge on any atom is -0.468 e. The Morgan fingerprint density at radius 1 is 1.47 bits per heavy atom. The first kappa shape index (κ1) is 12.2. The fraction of sp³-hybridized carbons (Fsp3) is 0.417. The summed E-state index contributed by atoms with van der Waals surface area (Å²) in [6.07, 6.45) is 0.667. The van der Waals surface area contributed by atoms with Gasteiger partial charge in [0.25, 0.3) is 0 Å². The van der Waals surface area contributed by atoms with Gasteiger partial charge in [0, 0.05) is 0 Å². The van der Waals surface area contributed by atoms with E-state index in [-0.39, 0.29) is 10.8 Å². The highest BCUT2D eigenvalue weighted by atomic mass is 79.9. The van der Waals surface area contributed by atoms with Crippen molar-refractivity contribution < 1.29 is 9.53 Å². The van der Waals surface area contributed by atoms with Gasteiger partial charge in [0.1, 0.15) is 4.83 Å². The first-order valence-electron chi connectivity index (χ1n) is 4.82. The van der Waals surface area contributed by atoms with Crippen LogP contribution in [0.5, 0.6) is 0 Å². The van der Waals surface area contributed by atoms with Crippen LogP contribution < -0.4 is 0 Å². The predicted octanol–water partition coefficient (Wildman–Crippen LogP) is 2.78. The van der Waals surface area contributed by atoms with E-state index in [2.05, 4.69) is 38.9 Å². The number of aryl methyl sites for hydroxylation is 2. The smallest absolute Gasteiger partial charge is 0.319 e. The number of esters is 1. The molecule has 0 aromatic heterocycles. The van der Waals surface area contributed by atoms with Gasteiger partial charge in [0.2, 0.25) is 0 Å². The van der Waals surface area contributed by atoms with E-state index in [0.717, 1.165) is 0 Å². The Labute approximate surface area is 98.8 Å². The Bertz CT molecular complexity index is 361. The van der Waals surface area contributed by atoms with Crippen LogP contribution in [0.4, 0.5) is 0 Å². The van der Waals surface area contributed by atoms with Gasteiger partial charge in [-0.25, -0.2) is 0 Å². The Kier molecular flexibility index (Phi) is 4.33. The molecule has 0 heterocycles. The van der Waals surface area contributed by atoms with Crippen molar-refractivity contribution >= 4 is 21.9 Å². The minimum atomic E-state index is -0.261. The second-order valence-electron chi connectivity index (χ2n) is 3.62. The van der Waals surface area contributed by atoms with Crippen LogP contribution >= 0.6 is 15.9 Å². The molecular formula is C12H15BrO2. The number of hydrogen-bond donors (Lipinski definition) is 0. The van der Waals surface area contributed by atoms with Crippen LogP contribution in [-0.4, -0.2) is 17.9 Å². The molecule has 0 fully saturated rings. The summed E-state index contributed by atoms with van der Waals surface area (Å²) in [7, 11) is 1.40. The number of ether oxygens (including phenoxy) is 1. The summed E-state index contributed by atoms with van der Waals surface area (Å²) in [5.41, 5.74) is 3.59. The second-order valence-corrected chi connectivity index (χ2v) is 4.73. The van der Waals surface area contributed by atoms with E-state index in [1.807, 2.05) is 13.8 Å². The van der Waals surface area contributed by atoms with Crippen LogP contribution in [-0.2, 0) is 16.0 Å². The van der Waals surface area contributed by atoms with E-state index in [1.165, 1.54) is 23.8 Å². The molecule has 82 valence electrons. The first-order chi connectivity index (χ1) is 7.04. The highest BCUT2D eigenvalue weighted by Gasteiger charge is 2.16. The van der Waals surface area contributed by atoms with Crippen LogP contribution in [0.1, 0.15) is 16.7 Å². The van der Waals surface area contributed by atoms with Crippen molar-refractivity contribution in [3.63, 3.8) is 0 Å². The van der Waals surface area contributed by atoms with Crippen molar-refractivity contribution in [1.82, 2.24) is 0 Å². The molecule has 0 saturated heterocycles. The van der Waals surface area contributed by atoms with Gasteiger partial charge in [-0.2, -0.15) is 0 Å². The largest absolute Gasteiger partial charge is 0.468 e. The van der Waals surface area contributed by atoms with Gasteiger partial charge in [-0.3, -0.25) is 4.79 Å². The molecule has 1 atom stereocenters. The fourth-order valence-corrected chi connectivity index (χ4v) is 1.96. The van der Waals surface area contributed by atoms with Crippen molar-refractivity contribution in [3.05, 3.63) is 34.9 Å². The minimum absolute atomic E-state index is 0.226. The predicted molar refractivity (Wildman–Crippen MR) is 64.4 cm³/mol. The Balaban J connectivity index is 2.80. The number of carbonyl (C=O) groups is 1. The third-order valence-electron chi connectivity index (χ3n) is 2.36. The maximum atomic E-state index is 11.2. The first-order valence-corrected chi connectivity index (χ1v) is 5.74. The molecule has 1 rings (SSSR count). The summed E-state index contributed by atoms with van der Waals surface area (Å²) in [4.78, 5) is 11.0. The molecule has 0 radical (unpaired) electrons. The summed E-state index contributed by atoms with van der Waals surface area (Å²) in [6.45, 7) is 4.09. The molecule has 0 amide bonds. The zero-order valence-electron chi connectivity index (χ0n) is 9.21. The number of hydrogen-bond acceptors (Lipinski definition) is 2. The lowest BCUT2D eigenvalue weighted by atomic mass is 10.0. The highest BCUT2D eigenvalue weighted by molar-refractivity contribution is 9.10. The number of rotatable bonds is 3. The van der Waals surface area contributed by atoms with Gasteiger partial charge in [0.15, 0.2) is 0 Å². The summed E-state index contributed by atoms with van der Waals surface area (Å²) in [5.74, 6) is -0.226. The molecule has 0 aliphatic heterocycles. The molecule has 1 unspecified atom stereocenters. The standard InChI is InChI=1S/C12H15BrO2/c1-8-4-5-9(2)10(6-8)7-11(13)12(14)15-3/h4-6,11H,7H2,1-3H3. The molecule has 0 saturated carbocycles. The van der Waals surface area contributed by atoms with Gasteiger partial charge in [-0.1, -0.05) is 39.7 Å². The molecule has 1 aromatic rings. The van der Waals surface area contributed by atoms with Gasteiger partial charge in [-0.05, 0) is 31.4 Å². The molecule has 0 bridgehead atoms. The lowest BCUT2D eigenvalue weighted by Crippen LogP contribution is -2.18. The Morgan fingerprint density at radius 3 is 2.73 bits per heavy atom. The van der Waals surface area contributed by atoms with Crippen LogP contribution in [0.25, 0.3) is 0 Å². The molecule has 0 spiro atoms. The average Bonchev–Trinajstić information content (AvgIpc) is 2.22. The summed E-state index contributed by atoms with van der Waals surface area (Å²) >= 11 is 3.32. The van der Waals surface area contributed by atoms with Gasteiger partial charge in [-0.15, -0.1) is 0 Å². The molecule has 3 heteroatoms. The third-order valence-corrected chi connectivity index (χ3v) is 3.06. The SMILES string of the molecule is COC(=O)C(Br)Cc1cc(C)ccc1C. The van der Waals surface area contributed by atoms with Gasteiger partial charge in [0.05, 0.1) is 7.11 Å². The summed E-state index contributed by atoms with van der Waals surface area (Å²) in [5, 5.41) is 0. The number of halogens is 1. The van der Waals surface area contributed by atoms with Crippen LogP contribution in [0.3, 0.4) is 0 Å². The summed E-state index contributed by atoms with van der Waals surface area (Å²) in [6, 6.07) is 6.24. The highest BCUT2D eigenvalue weighted by Crippen LogP contribution is 2.16. The molecule has 0 N–H and O–H groups in total. The number of carbonyl (C=O) groups excluding carboxylic acids is 1. The van der Waals surface area contributed by atoms with Crippen molar-refractivity contribution in [3.8, 4) is 0 Å². The normalized spacial score (nSPS) is 12.3. The van der Waals surface area contributed by atoms with Gasteiger partial charge < -0.3 is 4.74 Å². The van der Waals surface area contributed by atoms with Crippen molar-refractivity contribution in [1.29, 1.82) is 0 Å². The maximum Gasteiger partial charge on any atom is 0.319 e. The molecule has 2 nitrogen and oxygen atoms in total. The quantitative estimate of drug-likeness (QED) is 0.624. The Morgan fingerprint density at radius 2 is 2.13 bits per heavy atom. The lowest BCUT2D eigenvalue weighted by Gasteiger charge is -2.10. The van der Waals surface area contributed by atoms with Gasteiger partial charge >= 0.3 is 5.97 Å².